The number of rotatable bonds is 8. The second-order valence-electron chi connectivity index (χ2n) is 9.67. The molecule has 9 heteroatoms. The van der Waals surface area contributed by atoms with Crippen molar-refractivity contribution >= 4 is 23.4 Å². The van der Waals surface area contributed by atoms with Crippen LogP contribution in [0.25, 0.3) is 0 Å². The maximum absolute atomic E-state index is 12.5. The fourth-order valence-electron chi connectivity index (χ4n) is 3.87. The molecule has 2 aromatic rings. The van der Waals surface area contributed by atoms with Crippen molar-refractivity contribution in [1.29, 1.82) is 0 Å². The van der Waals surface area contributed by atoms with Crippen molar-refractivity contribution in [3.63, 3.8) is 0 Å². The van der Waals surface area contributed by atoms with Gasteiger partial charge in [0.05, 0.1) is 19.8 Å². The van der Waals surface area contributed by atoms with Crippen molar-refractivity contribution in [1.82, 2.24) is 20.9 Å². The van der Waals surface area contributed by atoms with Crippen LogP contribution < -0.4 is 20.7 Å². The summed E-state index contributed by atoms with van der Waals surface area (Å²) in [6, 6.07) is 9.09. The highest BCUT2D eigenvalue weighted by atomic mass is 35.5. The summed E-state index contributed by atoms with van der Waals surface area (Å²) in [5.41, 5.74) is 2.59. The van der Waals surface area contributed by atoms with E-state index in [1.165, 1.54) is 0 Å². The third-order valence-corrected chi connectivity index (χ3v) is 6.40. The predicted molar refractivity (Wildman–Crippen MR) is 128 cm³/mol. The topological polar surface area (TPSA) is 102 Å². The van der Waals surface area contributed by atoms with Gasteiger partial charge in [0, 0.05) is 53.2 Å². The molecule has 4 rings (SSSR count). The number of hydrogen-bond acceptors (Lipinski definition) is 6. The van der Waals surface area contributed by atoms with Gasteiger partial charge in [0.1, 0.15) is 6.17 Å². The van der Waals surface area contributed by atoms with Gasteiger partial charge >= 0.3 is 0 Å². The zero-order valence-electron chi connectivity index (χ0n) is 19.7. The standard InChI is InChI=1S/C25H31ClN4O4/c1-15(2)24(32)28-10-16-4-6-19(26)18(8-16)23-29-20(9-21(31)30-23)17-5-7-22(27-11-17)34-14-25(3)12-33-13-25/h4-8,11,15,20,23,29H,9-10,12-14H2,1-3H3,(H,28,32)(H,30,31). The molecule has 2 aliphatic rings. The maximum atomic E-state index is 12.5. The highest BCUT2D eigenvalue weighted by Gasteiger charge is 2.34. The molecule has 2 fully saturated rings. The second kappa shape index (κ2) is 10.3. The molecule has 2 aliphatic heterocycles. The van der Waals surface area contributed by atoms with E-state index in [2.05, 4.69) is 27.9 Å². The molecule has 0 aliphatic carbocycles. The maximum Gasteiger partial charge on any atom is 0.223 e. The minimum atomic E-state index is -0.464. The van der Waals surface area contributed by atoms with Crippen LogP contribution in [0.2, 0.25) is 5.02 Å². The van der Waals surface area contributed by atoms with Gasteiger partial charge in [0.2, 0.25) is 17.7 Å². The minimum absolute atomic E-state index is 0.0179. The van der Waals surface area contributed by atoms with E-state index in [0.29, 0.717) is 37.3 Å². The van der Waals surface area contributed by atoms with Crippen LogP contribution in [0.3, 0.4) is 0 Å². The lowest BCUT2D eigenvalue weighted by molar-refractivity contribution is -0.125. The summed E-state index contributed by atoms with van der Waals surface area (Å²) in [6.45, 7) is 8.15. The lowest BCUT2D eigenvalue weighted by Gasteiger charge is -2.37. The summed E-state index contributed by atoms with van der Waals surface area (Å²) in [5, 5.41) is 9.87. The first-order chi connectivity index (χ1) is 16.2. The van der Waals surface area contributed by atoms with Gasteiger partial charge in [-0.25, -0.2) is 4.98 Å². The highest BCUT2D eigenvalue weighted by molar-refractivity contribution is 6.31. The summed E-state index contributed by atoms with van der Waals surface area (Å²) < 4.78 is 11.1. The van der Waals surface area contributed by atoms with E-state index in [1.807, 2.05) is 38.1 Å². The van der Waals surface area contributed by atoms with Gasteiger partial charge in [-0.1, -0.05) is 44.5 Å². The third-order valence-electron chi connectivity index (χ3n) is 6.06. The molecule has 2 atom stereocenters. The normalized spacial score (nSPS) is 21.5. The van der Waals surface area contributed by atoms with Crippen molar-refractivity contribution in [2.75, 3.05) is 19.8 Å². The van der Waals surface area contributed by atoms with Crippen LogP contribution in [-0.4, -0.2) is 36.6 Å². The van der Waals surface area contributed by atoms with E-state index >= 15 is 0 Å². The fraction of sp³-hybridized carbons (Fsp3) is 0.480. The second-order valence-corrected chi connectivity index (χ2v) is 10.1. The third kappa shape index (κ3) is 5.87. The molecule has 3 heterocycles. The van der Waals surface area contributed by atoms with Crippen LogP contribution in [0, 0.1) is 11.3 Å². The number of ether oxygens (including phenoxy) is 2. The summed E-state index contributed by atoms with van der Waals surface area (Å²) >= 11 is 6.48. The van der Waals surface area contributed by atoms with Gasteiger partial charge in [-0.3, -0.25) is 14.9 Å². The van der Waals surface area contributed by atoms with E-state index in [-0.39, 0.29) is 35.6 Å². The van der Waals surface area contributed by atoms with Crippen LogP contribution in [0.1, 0.15) is 56.1 Å². The van der Waals surface area contributed by atoms with E-state index in [4.69, 9.17) is 21.1 Å². The van der Waals surface area contributed by atoms with E-state index in [1.54, 1.807) is 12.3 Å². The van der Waals surface area contributed by atoms with Crippen molar-refractivity contribution in [3.8, 4) is 5.88 Å². The number of aromatic nitrogens is 1. The number of carbonyl (C=O) groups is 2. The number of amides is 2. The molecule has 0 radical (unpaired) electrons. The van der Waals surface area contributed by atoms with Gasteiger partial charge in [0.15, 0.2) is 0 Å². The summed E-state index contributed by atoms with van der Waals surface area (Å²) in [5.74, 6) is 0.359. The molecule has 3 N–H and O–H groups in total. The van der Waals surface area contributed by atoms with Crippen molar-refractivity contribution in [3.05, 3.63) is 58.2 Å². The van der Waals surface area contributed by atoms with Gasteiger partial charge < -0.3 is 20.1 Å². The molecule has 2 unspecified atom stereocenters. The van der Waals surface area contributed by atoms with Crippen molar-refractivity contribution in [2.45, 2.75) is 45.9 Å². The molecule has 2 amide bonds. The molecule has 1 aromatic heterocycles. The molecule has 182 valence electrons. The molecule has 1 aromatic carbocycles. The largest absolute Gasteiger partial charge is 0.477 e. The van der Waals surface area contributed by atoms with Gasteiger partial charge in [0.25, 0.3) is 0 Å². The van der Waals surface area contributed by atoms with Crippen LogP contribution >= 0.6 is 11.6 Å². The Labute approximate surface area is 204 Å². The monoisotopic (exact) mass is 486 g/mol. The Kier molecular flexibility index (Phi) is 7.40. The summed E-state index contributed by atoms with van der Waals surface area (Å²) in [7, 11) is 0. The average molecular weight is 487 g/mol. The fourth-order valence-corrected chi connectivity index (χ4v) is 4.10. The number of pyridine rings is 1. The zero-order chi connectivity index (χ0) is 24.3. The molecular formula is C25H31ClN4O4. The highest BCUT2D eigenvalue weighted by Crippen LogP contribution is 2.31. The lowest BCUT2D eigenvalue weighted by atomic mass is 9.90. The Morgan fingerprint density at radius 3 is 2.76 bits per heavy atom. The number of halogens is 1. The van der Waals surface area contributed by atoms with Crippen LogP contribution in [0.4, 0.5) is 0 Å². The van der Waals surface area contributed by atoms with E-state index in [9.17, 15) is 9.59 Å². The molecule has 0 spiro atoms. The average Bonchev–Trinajstić information content (AvgIpc) is 2.80. The minimum Gasteiger partial charge on any atom is -0.477 e. The number of carbonyl (C=O) groups excluding carboxylic acids is 2. The Bertz CT molecular complexity index is 1040. The number of hydrogen-bond donors (Lipinski definition) is 3. The Hall–Kier alpha value is -2.68. The van der Waals surface area contributed by atoms with Crippen molar-refractivity contribution in [2.24, 2.45) is 11.3 Å². The number of nitrogens with zero attached hydrogens (tertiary/aromatic N) is 1. The summed E-state index contributed by atoms with van der Waals surface area (Å²) in [6.07, 6.45) is 1.56. The lowest BCUT2D eigenvalue weighted by Crippen LogP contribution is -2.46. The van der Waals surface area contributed by atoms with Gasteiger partial charge in [-0.2, -0.15) is 0 Å². The Morgan fingerprint density at radius 2 is 2.12 bits per heavy atom. The quantitative estimate of drug-likeness (QED) is 0.529. The smallest absolute Gasteiger partial charge is 0.223 e. The number of nitrogens with one attached hydrogen (secondary N) is 3. The first-order valence-corrected chi connectivity index (χ1v) is 11.9. The molecule has 8 nitrogen and oxygen atoms in total. The first kappa shape index (κ1) is 24.4. The Morgan fingerprint density at radius 1 is 1.32 bits per heavy atom. The van der Waals surface area contributed by atoms with Crippen LogP contribution in [0.15, 0.2) is 36.5 Å². The summed E-state index contributed by atoms with van der Waals surface area (Å²) in [4.78, 5) is 28.9. The van der Waals surface area contributed by atoms with Crippen LogP contribution in [0.5, 0.6) is 5.88 Å². The first-order valence-electron chi connectivity index (χ1n) is 11.5. The SMILES string of the molecule is CC(C)C(=O)NCc1ccc(Cl)c(C2NC(=O)CC(c3ccc(OCC4(C)COC4)nc3)N2)c1. The van der Waals surface area contributed by atoms with Crippen LogP contribution in [-0.2, 0) is 20.9 Å². The molecule has 34 heavy (non-hydrogen) atoms. The molecular weight excluding hydrogens is 456 g/mol. The number of benzene rings is 1. The van der Waals surface area contributed by atoms with Crippen molar-refractivity contribution < 1.29 is 19.1 Å². The van der Waals surface area contributed by atoms with E-state index < -0.39 is 6.17 Å². The molecule has 0 bridgehead atoms. The molecule has 2 saturated heterocycles. The van der Waals surface area contributed by atoms with Gasteiger partial charge in [-0.05, 0) is 23.3 Å². The molecule has 0 saturated carbocycles. The predicted octanol–water partition coefficient (Wildman–Crippen LogP) is 3.27. The van der Waals surface area contributed by atoms with E-state index in [0.717, 1.165) is 16.7 Å². The van der Waals surface area contributed by atoms with Gasteiger partial charge in [-0.15, -0.1) is 0 Å². The Balaban J connectivity index is 1.43. The zero-order valence-corrected chi connectivity index (χ0v) is 20.4.